The fraction of sp³-hybridized carbons (Fsp3) is 0.385. The minimum atomic E-state index is -5.00. The summed E-state index contributed by atoms with van der Waals surface area (Å²) in [7, 11) is 1.56. The highest BCUT2D eigenvalue weighted by atomic mass is 19.4. The molecule has 1 aromatic heterocycles. The van der Waals surface area contributed by atoms with Gasteiger partial charge in [-0.25, -0.2) is 8.78 Å². The molecule has 4 rings (SSSR count). The van der Waals surface area contributed by atoms with Crippen LogP contribution in [0, 0.1) is 11.6 Å². The van der Waals surface area contributed by atoms with Crippen LogP contribution in [-0.4, -0.2) is 54.3 Å². The summed E-state index contributed by atoms with van der Waals surface area (Å²) in [6, 6.07) is 8.56. The maximum atomic E-state index is 14.7. The number of hydrogen-bond acceptors (Lipinski definition) is 3. The predicted octanol–water partition coefficient (Wildman–Crippen LogP) is 4.76. The molecule has 37 heavy (non-hydrogen) atoms. The molecule has 1 N–H and O–H groups in total. The SMILES string of the molecule is COCCn1cc(C(=O)N2CCC(c3cc(CNC(=O)C(F)(F)F)ccc3F)CC2)c2c(F)cccc21. The lowest BCUT2D eigenvalue weighted by Crippen LogP contribution is -2.38. The molecular weight excluding hydrogens is 497 g/mol. The number of aromatic nitrogens is 1. The van der Waals surface area contributed by atoms with Crippen molar-refractivity contribution < 1.29 is 36.3 Å². The average Bonchev–Trinajstić information content (AvgIpc) is 3.25. The van der Waals surface area contributed by atoms with E-state index in [1.807, 2.05) is 0 Å². The molecule has 0 saturated carbocycles. The zero-order chi connectivity index (χ0) is 26.7. The van der Waals surface area contributed by atoms with Crippen molar-refractivity contribution in [2.75, 3.05) is 26.8 Å². The first-order chi connectivity index (χ1) is 17.6. The first-order valence-electron chi connectivity index (χ1n) is 11.8. The van der Waals surface area contributed by atoms with Crippen LogP contribution in [0.15, 0.2) is 42.6 Å². The van der Waals surface area contributed by atoms with Gasteiger partial charge in [0.15, 0.2) is 0 Å². The third kappa shape index (κ3) is 5.76. The van der Waals surface area contributed by atoms with Crippen LogP contribution in [0.4, 0.5) is 22.0 Å². The molecule has 1 fully saturated rings. The number of benzene rings is 2. The molecule has 0 aliphatic carbocycles. The van der Waals surface area contributed by atoms with E-state index in [2.05, 4.69) is 0 Å². The van der Waals surface area contributed by atoms with Crippen LogP contribution in [0.25, 0.3) is 10.9 Å². The lowest BCUT2D eigenvalue weighted by atomic mass is 9.88. The third-order valence-corrected chi connectivity index (χ3v) is 6.61. The number of ether oxygens (including phenoxy) is 1. The fourth-order valence-corrected chi connectivity index (χ4v) is 4.71. The summed E-state index contributed by atoms with van der Waals surface area (Å²) in [5, 5.41) is 2.02. The highest BCUT2D eigenvalue weighted by Crippen LogP contribution is 2.33. The van der Waals surface area contributed by atoms with Crippen LogP contribution in [0.2, 0.25) is 0 Å². The molecule has 2 amide bonds. The largest absolute Gasteiger partial charge is 0.471 e. The Balaban J connectivity index is 1.46. The van der Waals surface area contributed by atoms with E-state index >= 15 is 0 Å². The maximum absolute atomic E-state index is 14.7. The maximum Gasteiger partial charge on any atom is 0.471 e. The van der Waals surface area contributed by atoms with Crippen LogP contribution >= 0.6 is 0 Å². The molecule has 0 bridgehead atoms. The number of hydrogen-bond donors (Lipinski definition) is 1. The molecule has 2 heterocycles. The lowest BCUT2D eigenvalue weighted by Gasteiger charge is -2.32. The van der Waals surface area contributed by atoms with Crippen molar-refractivity contribution in [1.29, 1.82) is 0 Å². The van der Waals surface area contributed by atoms with Gasteiger partial charge in [0.2, 0.25) is 0 Å². The van der Waals surface area contributed by atoms with E-state index in [1.54, 1.807) is 40.2 Å². The topological polar surface area (TPSA) is 63.6 Å². The number of alkyl halides is 3. The minimum Gasteiger partial charge on any atom is -0.383 e. The number of halogens is 5. The third-order valence-electron chi connectivity index (χ3n) is 6.61. The van der Waals surface area contributed by atoms with Gasteiger partial charge in [-0.15, -0.1) is 0 Å². The van der Waals surface area contributed by atoms with E-state index in [1.165, 1.54) is 24.3 Å². The molecule has 6 nitrogen and oxygen atoms in total. The Morgan fingerprint density at radius 2 is 1.81 bits per heavy atom. The normalized spacial score (nSPS) is 14.8. The second-order valence-electron chi connectivity index (χ2n) is 8.97. The molecule has 2 aromatic carbocycles. The van der Waals surface area contributed by atoms with Gasteiger partial charge in [0.25, 0.3) is 5.91 Å². The van der Waals surface area contributed by atoms with Gasteiger partial charge in [0, 0.05) is 44.9 Å². The van der Waals surface area contributed by atoms with Crippen molar-refractivity contribution in [1.82, 2.24) is 14.8 Å². The van der Waals surface area contributed by atoms with Gasteiger partial charge in [-0.1, -0.05) is 18.2 Å². The summed E-state index contributed by atoms with van der Waals surface area (Å²) in [5.41, 5.74) is 1.50. The summed E-state index contributed by atoms with van der Waals surface area (Å²) in [6.45, 7) is 1.06. The molecule has 1 aliphatic heterocycles. The van der Waals surface area contributed by atoms with Crippen molar-refractivity contribution in [3.8, 4) is 0 Å². The second kappa shape index (κ2) is 10.9. The van der Waals surface area contributed by atoms with E-state index in [4.69, 9.17) is 4.74 Å². The number of likely N-dealkylation sites (tertiary alicyclic amines) is 1. The van der Waals surface area contributed by atoms with Crippen molar-refractivity contribution in [2.24, 2.45) is 0 Å². The van der Waals surface area contributed by atoms with Crippen LogP contribution < -0.4 is 5.32 Å². The summed E-state index contributed by atoms with van der Waals surface area (Å²) in [4.78, 5) is 26.0. The Kier molecular flexibility index (Phi) is 7.82. The van der Waals surface area contributed by atoms with Crippen molar-refractivity contribution in [3.63, 3.8) is 0 Å². The molecule has 1 aliphatic rings. The van der Waals surface area contributed by atoms with Gasteiger partial charge >= 0.3 is 12.1 Å². The zero-order valence-electron chi connectivity index (χ0n) is 20.1. The van der Waals surface area contributed by atoms with Gasteiger partial charge in [-0.3, -0.25) is 9.59 Å². The molecule has 0 radical (unpaired) electrons. The Hall–Kier alpha value is -3.47. The summed E-state index contributed by atoms with van der Waals surface area (Å²) in [6.07, 6.45) is -2.53. The van der Waals surface area contributed by atoms with E-state index in [0.29, 0.717) is 55.7 Å². The van der Waals surface area contributed by atoms with E-state index < -0.39 is 23.7 Å². The van der Waals surface area contributed by atoms with Gasteiger partial charge < -0.3 is 19.5 Å². The van der Waals surface area contributed by atoms with Crippen LogP contribution in [-0.2, 0) is 22.6 Å². The lowest BCUT2D eigenvalue weighted by molar-refractivity contribution is -0.173. The van der Waals surface area contributed by atoms with Crippen LogP contribution in [0.1, 0.15) is 40.2 Å². The van der Waals surface area contributed by atoms with E-state index in [9.17, 15) is 31.5 Å². The first-order valence-corrected chi connectivity index (χ1v) is 11.8. The number of carbonyl (C=O) groups excluding carboxylic acids is 2. The van der Waals surface area contributed by atoms with Crippen molar-refractivity contribution in [2.45, 2.75) is 38.0 Å². The fourth-order valence-electron chi connectivity index (χ4n) is 4.71. The van der Waals surface area contributed by atoms with Crippen molar-refractivity contribution >= 4 is 22.7 Å². The van der Waals surface area contributed by atoms with E-state index in [-0.39, 0.29) is 29.3 Å². The molecule has 0 unspecified atom stereocenters. The first kappa shape index (κ1) is 26.6. The van der Waals surface area contributed by atoms with Gasteiger partial charge in [0.1, 0.15) is 11.6 Å². The second-order valence-corrected chi connectivity index (χ2v) is 8.97. The average molecular weight is 524 g/mol. The smallest absolute Gasteiger partial charge is 0.383 e. The molecule has 0 spiro atoms. The van der Waals surface area contributed by atoms with Gasteiger partial charge in [-0.2, -0.15) is 13.2 Å². The standard InChI is InChI=1S/C26H26F5N3O3/c1-37-12-11-34-15-19(23-21(28)3-2-4-22(23)34)24(35)33-9-7-17(8-10-33)18-13-16(5-6-20(18)27)14-32-25(36)26(29,30)31/h2-6,13,15,17H,7-12,14H2,1H3,(H,32,36). The van der Waals surface area contributed by atoms with Gasteiger partial charge in [-0.05, 0) is 48.1 Å². The molecular formula is C26H26F5N3O3. The van der Waals surface area contributed by atoms with Crippen LogP contribution in [0.5, 0.6) is 0 Å². The van der Waals surface area contributed by atoms with E-state index in [0.717, 1.165) is 0 Å². The number of amides is 2. The highest BCUT2D eigenvalue weighted by Gasteiger charge is 2.38. The molecule has 0 atom stereocenters. The monoisotopic (exact) mass is 523 g/mol. The molecule has 11 heteroatoms. The zero-order valence-corrected chi connectivity index (χ0v) is 20.1. The summed E-state index contributed by atoms with van der Waals surface area (Å²) < 4.78 is 73.5. The van der Waals surface area contributed by atoms with Crippen molar-refractivity contribution in [3.05, 3.63) is 70.9 Å². The molecule has 198 valence electrons. The Morgan fingerprint density at radius 3 is 2.49 bits per heavy atom. The number of piperidine rings is 1. The summed E-state index contributed by atoms with van der Waals surface area (Å²) in [5.74, 6) is -3.65. The number of methoxy groups -OCH3 is 1. The Morgan fingerprint density at radius 1 is 1.08 bits per heavy atom. The Bertz CT molecular complexity index is 1300. The number of carbonyl (C=O) groups is 2. The van der Waals surface area contributed by atoms with Crippen LogP contribution in [0.3, 0.4) is 0 Å². The minimum absolute atomic E-state index is 0.241. The summed E-state index contributed by atoms with van der Waals surface area (Å²) >= 11 is 0. The molecule has 1 saturated heterocycles. The number of nitrogens with one attached hydrogen (secondary N) is 1. The highest BCUT2D eigenvalue weighted by molar-refractivity contribution is 6.07. The van der Waals surface area contributed by atoms with Gasteiger partial charge in [0.05, 0.1) is 17.7 Å². The predicted molar refractivity (Wildman–Crippen MR) is 126 cm³/mol. The Labute approximate surface area is 210 Å². The quantitative estimate of drug-likeness (QED) is 0.454. The number of rotatable bonds is 7. The molecule has 3 aromatic rings. The number of nitrogens with zero attached hydrogens (tertiary/aromatic N) is 2. The number of fused-ring (bicyclic) bond motifs is 1.